The Morgan fingerprint density at radius 3 is 2.43 bits per heavy atom. The quantitative estimate of drug-likeness (QED) is 0.312. The van der Waals surface area contributed by atoms with Crippen molar-refractivity contribution in [2.24, 2.45) is 4.99 Å². The summed E-state index contributed by atoms with van der Waals surface area (Å²) in [4.78, 5) is 20.0. The van der Waals surface area contributed by atoms with Crippen LogP contribution < -0.4 is 14.8 Å². The zero-order valence-electron chi connectivity index (χ0n) is 17.7. The normalized spacial score (nSPS) is 14.4. The van der Waals surface area contributed by atoms with Crippen LogP contribution in [0.4, 0.5) is 8.78 Å². The Balaban J connectivity index is 0.00000450. The lowest BCUT2D eigenvalue weighted by Gasteiger charge is -2.36. The van der Waals surface area contributed by atoms with Crippen LogP contribution in [0.1, 0.15) is 32.8 Å². The topological polar surface area (TPSA) is 66.4 Å². The fraction of sp³-hybridized carbons (Fsp3) is 0.600. The third-order valence-corrected chi connectivity index (χ3v) is 4.49. The van der Waals surface area contributed by atoms with Gasteiger partial charge < -0.3 is 24.6 Å². The van der Waals surface area contributed by atoms with Gasteiger partial charge in [0.1, 0.15) is 11.5 Å². The van der Waals surface area contributed by atoms with Crippen molar-refractivity contribution in [1.82, 2.24) is 15.1 Å². The molecule has 1 amide bonds. The average Bonchev–Trinajstić information content (AvgIpc) is 2.70. The number of alkyl halides is 2. The first kappa shape index (κ1) is 26.2. The lowest BCUT2D eigenvalue weighted by atomic mass is 10.2. The summed E-state index contributed by atoms with van der Waals surface area (Å²) in [6.07, 6.45) is 0.819. The van der Waals surface area contributed by atoms with Crippen molar-refractivity contribution in [3.8, 4) is 11.5 Å². The molecule has 30 heavy (non-hydrogen) atoms. The van der Waals surface area contributed by atoms with Gasteiger partial charge in [-0.05, 0) is 25.5 Å². The molecule has 1 heterocycles. The van der Waals surface area contributed by atoms with Gasteiger partial charge in [0, 0.05) is 51.3 Å². The molecule has 10 heteroatoms. The highest BCUT2D eigenvalue weighted by Gasteiger charge is 2.21. The van der Waals surface area contributed by atoms with Crippen molar-refractivity contribution in [1.29, 1.82) is 0 Å². The third kappa shape index (κ3) is 8.11. The summed E-state index contributed by atoms with van der Waals surface area (Å²) in [5.41, 5.74) is 0.548. The standard InChI is InChI=1S/C20H30F2N4O3.HI/c1-4-12-28-17-7-6-16(18(13-17)29-19(21)22)14-24-20(23-5-2)26-10-8-25(9-11-26)15(3)27;/h6-7,13,19H,4-5,8-12,14H2,1-3H3,(H,23,24);1H. The van der Waals surface area contributed by atoms with Gasteiger partial charge in [0.15, 0.2) is 5.96 Å². The van der Waals surface area contributed by atoms with E-state index in [1.54, 1.807) is 24.0 Å². The minimum atomic E-state index is -2.92. The maximum absolute atomic E-state index is 12.8. The minimum absolute atomic E-state index is 0. The number of amides is 1. The van der Waals surface area contributed by atoms with Crippen molar-refractivity contribution < 1.29 is 23.0 Å². The summed E-state index contributed by atoms with van der Waals surface area (Å²) in [6.45, 7) is 6.52. The monoisotopic (exact) mass is 540 g/mol. The van der Waals surface area contributed by atoms with E-state index in [1.807, 2.05) is 13.8 Å². The summed E-state index contributed by atoms with van der Waals surface area (Å²) in [5.74, 6) is 1.30. The number of rotatable bonds is 8. The number of ether oxygens (including phenoxy) is 2. The first-order valence-corrected chi connectivity index (χ1v) is 9.93. The molecule has 1 fully saturated rings. The second-order valence-electron chi connectivity index (χ2n) is 6.66. The molecule has 0 bridgehead atoms. The van der Waals surface area contributed by atoms with Crippen LogP contribution in [0.3, 0.4) is 0 Å². The van der Waals surface area contributed by atoms with Crippen molar-refractivity contribution >= 4 is 35.8 Å². The van der Waals surface area contributed by atoms with E-state index in [0.717, 1.165) is 6.42 Å². The van der Waals surface area contributed by atoms with Gasteiger partial charge >= 0.3 is 6.61 Å². The second kappa shape index (κ2) is 13.5. The van der Waals surface area contributed by atoms with E-state index in [-0.39, 0.29) is 42.2 Å². The first-order valence-electron chi connectivity index (χ1n) is 9.93. The molecule has 1 N–H and O–H groups in total. The molecule has 0 atom stereocenters. The Hall–Kier alpha value is -1.85. The smallest absolute Gasteiger partial charge is 0.387 e. The molecule has 1 aliphatic heterocycles. The maximum atomic E-state index is 12.8. The summed E-state index contributed by atoms with van der Waals surface area (Å²) in [7, 11) is 0. The van der Waals surface area contributed by atoms with Crippen molar-refractivity contribution in [2.75, 3.05) is 39.3 Å². The fourth-order valence-corrected chi connectivity index (χ4v) is 3.00. The Bertz CT molecular complexity index is 699. The molecular weight excluding hydrogens is 509 g/mol. The van der Waals surface area contributed by atoms with Crippen LogP contribution in [-0.4, -0.2) is 67.6 Å². The highest BCUT2D eigenvalue weighted by Crippen LogP contribution is 2.27. The molecule has 0 aromatic heterocycles. The highest BCUT2D eigenvalue weighted by atomic mass is 127. The number of hydrogen-bond donors (Lipinski definition) is 1. The number of carbonyl (C=O) groups excluding carboxylic acids is 1. The largest absolute Gasteiger partial charge is 0.493 e. The molecular formula is C20H31F2IN4O3. The SMILES string of the molecule is CCCOc1ccc(CN=C(NCC)N2CCN(C(C)=O)CC2)c(OC(F)F)c1.I. The van der Waals surface area contributed by atoms with Crippen LogP contribution in [0.15, 0.2) is 23.2 Å². The molecule has 0 radical (unpaired) electrons. The summed E-state index contributed by atoms with van der Waals surface area (Å²) >= 11 is 0. The zero-order valence-corrected chi connectivity index (χ0v) is 20.0. The average molecular weight is 540 g/mol. The number of carbonyl (C=O) groups is 1. The zero-order chi connectivity index (χ0) is 21.2. The van der Waals surface area contributed by atoms with Crippen molar-refractivity contribution in [3.05, 3.63) is 23.8 Å². The van der Waals surface area contributed by atoms with Gasteiger partial charge in [0.25, 0.3) is 0 Å². The molecule has 1 saturated heterocycles. The summed E-state index contributed by atoms with van der Waals surface area (Å²) in [6, 6.07) is 4.91. The molecule has 0 saturated carbocycles. The molecule has 0 spiro atoms. The predicted octanol–water partition coefficient (Wildman–Crippen LogP) is 3.32. The fourth-order valence-electron chi connectivity index (χ4n) is 3.00. The Kier molecular flexibility index (Phi) is 11.7. The molecule has 2 rings (SSSR count). The van der Waals surface area contributed by atoms with Gasteiger partial charge in [-0.1, -0.05) is 6.92 Å². The van der Waals surface area contributed by atoms with E-state index >= 15 is 0 Å². The Labute approximate surface area is 193 Å². The number of benzene rings is 1. The van der Waals surface area contributed by atoms with Gasteiger partial charge in [0.2, 0.25) is 5.91 Å². The maximum Gasteiger partial charge on any atom is 0.387 e. The van der Waals surface area contributed by atoms with Gasteiger partial charge in [-0.15, -0.1) is 24.0 Å². The predicted molar refractivity (Wildman–Crippen MR) is 123 cm³/mol. The number of guanidine groups is 1. The van der Waals surface area contributed by atoms with Crippen LogP contribution >= 0.6 is 24.0 Å². The number of nitrogens with zero attached hydrogens (tertiary/aromatic N) is 3. The summed E-state index contributed by atoms with van der Waals surface area (Å²) < 4.78 is 35.9. The molecule has 0 unspecified atom stereocenters. The van der Waals surface area contributed by atoms with Crippen LogP contribution in [0.25, 0.3) is 0 Å². The molecule has 7 nitrogen and oxygen atoms in total. The van der Waals surface area contributed by atoms with Crippen LogP contribution in [0.5, 0.6) is 11.5 Å². The van der Waals surface area contributed by atoms with Crippen LogP contribution in [0, 0.1) is 0 Å². The van der Waals surface area contributed by atoms with Gasteiger partial charge in [-0.2, -0.15) is 8.78 Å². The minimum Gasteiger partial charge on any atom is -0.493 e. The second-order valence-corrected chi connectivity index (χ2v) is 6.66. The number of nitrogens with one attached hydrogen (secondary N) is 1. The van der Waals surface area contributed by atoms with Crippen LogP contribution in [0.2, 0.25) is 0 Å². The molecule has 1 aliphatic rings. The van der Waals surface area contributed by atoms with E-state index in [0.29, 0.717) is 56.6 Å². The van der Waals surface area contributed by atoms with E-state index in [9.17, 15) is 13.6 Å². The van der Waals surface area contributed by atoms with Crippen molar-refractivity contribution in [2.45, 2.75) is 40.3 Å². The summed E-state index contributed by atoms with van der Waals surface area (Å²) in [5, 5.41) is 3.22. The first-order chi connectivity index (χ1) is 13.9. The molecule has 170 valence electrons. The van der Waals surface area contributed by atoms with Crippen LogP contribution in [-0.2, 0) is 11.3 Å². The lowest BCUT2D eigenvalue weighted by Crippen LogP contribution is -2.53. The van der Waals surface area contributed by atoms with Gasteiger partial charge in [-0.25, -0.2) is 4.99 Å². The van der Waals surface area contributed by atoms with E-state index in [1.165, 1.54) is 6.07 Å². The van der Waals surface area contributed by atoms with Crippen molar-refractivity contribution in [3.63, 3.8) is 0 Å². The molecule has 1 aromatic carbocycles. The lowest BCUT2D eigenvalue weighted by molar-refractivity contribution is -0.130. The van der Waals surface area contributed by atoms with E-state index in [2.05, 4.69) is 19.9 Å². The van der Waals surface area contributed by atoms with Gasteiger partial charge in [-0.3, -0.25) is 4.79 Å². The number of halogens is 3. The number of piperazine rings is 1. The number of hydrogen-bond acceptors (Lipinski definition) is 4. The highest BCUT2D eigenvalue weighted by molar-refractivity contribution is 14.0. The van der Waals surface area contributed by atoms with E-state index in [4.69, 9.17) is 4.74 Å². The third-order valence-electron chi connectivity index (χ3n) is 4.49. The van der Waals surface area contributed by atoms with Gasteiger partial charge in [0.05, 0.1) is 13.2 Å². The molecule has 1 aromatic rings. The van der Waals surface area contributed by atoms with E-state index < -0.39 is 6.61 Å². The number of aliphatic imine (C=N–C) groups is 1. The molecule has 0 aliphatic carbocycles. The Morgan fingerprint density at radius 1 is 1.20 bits per heavy atom. The Morgan fingerprint density at radius 2 is 1.87 bits per heavy atom.